The van der Waals surface area contributed by atoms with Crippen LogP contribution in [0.2, 0.25) is 0 Å². The topological polar surface area (TPSA) is 61.9 Å². The monoisotopic (exact) mass is 397 g/mol. The van der Waals surface area contributed by atoms with E-state index in [9.17, 15) is 30.7 Å². The highest BCUT2D eigenvalue weighted by Gasteiger charge is 2.34. The summed E-state index contributed by atoms with van der Waals surface area (Å²) < 4.78 is 92.5. The van der Waals surface area contributed by atoms with E-state index in [-0.39, 0.29) is 12.1 Å². The van der Waals surface area contributed by atoms with Crippen LogP contribution in [-0.4, -0.2) is 16.0 Å². The van der Waals surface area contributed by atoms with Crippen LogP contribution in [0.3, 0.4) is 0 Å². The van der Waals surface area contributed by atoms with E-state index in [2.05, 4.69) is 15.3 Å². The maximum atomic E-state index is 13.6. The summed E-state index contributed by atoms with van der Waals surface area (Å²) in [7, 11) is 0. The third kappa shape index (κ3) is 4.89. The highest BCUT2D eigenvalue weighted by molar-refractivity contribution is 5.53. The molecule has 1 aromatic carbocycles. The van der Waals surface area contributed by atoms with Crippen LogP contribution in [0.4, 0.5) is 48.2 Å². The Morgan fingerprint density at radius 2 is 1.56 bits per heavy atom. The van der Waals surface area contributed by atoms with Gasteiger partial charge in [0.1, 0.15) is 5.69 Å². The summed E-state index contributed by atoms with van der Waals surface area (Å²) in [6, 6.07) is 0.193. The van der Waals surface area contributed by atoms with Crippen molar-refractivity contribution in [3.8, 4) is 0 Å². The van der Waals surface area contributed by atoms with Gasteiger partial charge < -0.3 is 5.32 Å². The van der Waals surface area contributed by atoms with E-state index in [0.29, 0.717) is 12.5 Å². The van der Waals surface area contributed by atoms with Gasteiger partial charge in [0.2, 0.25) is 5.95 Å². The van der Waals surface area contributed by atoms with Gasteiger partial charge in [-0.3, -0.25) is 10.9 Å². The molecule has 0 aliphatic rings. The average Bonchev–Trinajstić information content (AvgIpc) is 2.59. The van der Waals surface area contributed by atoms with Gasteiger partial charge >= 0.3 is 6.18 Å². The van der Waals surface area contributed by atoms with Crippen LogP contribution in [0.1, 0.15) is 26.0 Å². The van der Waals surface area contributed by atoms with Gasteiger partial charge in [-0.1, -0.05) is 6.92 Å². The second-order valence-corrected chi connectivity index (χ2v) is 5.51. The van der Waals surface area contributed by atoms with Gasteiger partial charge in [0.25, 0.3) is 0 Å². The Labute approximate surface area is 149 Å². The Balaban J connectivity index is 2.34. The van der Waals surface area contributed by atoms with Crippen molar-refractivity contribution >= 4 is 17.5 Å². The summed E-state index contributed by atoms with van der Waals surface area (Å²) in [6.07, 6.45) is -4.27. The zero-order valence-corrected chi connectivity index (χ0v) is 14.0. The van der Waals surface area contributed by atoms with Gasteiger partial charge in [0.05, 0.1) is 0 Å². The van der Waals surface area contributed by atoms with Crippen LogP contribution in [0, 0.1) is 23.3 Å². The first-order valence-corrected chi connectivity index (χ1v) is 7.60. The third-order valence-electron chi connectivity index (χ3n) is 3.43. The Hall–Kier alpha value is -2.79. The van der Waals surface area contributed by atoms with Crippen LogP contribution in [0.25, 0.3) is 0 Å². The number of aromatic nitrogens is 2. The number of nitrogens with zero attached hydrogens (tertiary/aromatic N) is 2. The van der Waals surface area contributed by atoms with Crippen LogP contribution in [0.15, 0.2) is 12.1 Å². The minimum absolute atomic E-state index is 0.00352. The third-order valence-corrected chi connectivity index (χ3v) is 3.43. The number of benzene rings is 1. The van der Waals surface area contributed by atoms with Crippen molar-refractivity contribution in [3.63, 3.8) is 0 Å². The molecule has 2 aromatic rings. The minimum atomic E-state index is -4.83. The second-order valence-electron chi connectivity index (χ2n) is 5.51. The molecule has 1 heterocycles. The van der Waals surface area contributed by atoms with Gasteiger partial charge in [0, 0.05) is 18.2 Å². The molecule has 27 heavy (non-hydrogen) atoms. The lowest BCUT2D eigenvalue weighted by atomic mass is 10.2. The molecule has 3 N–H and O–H groups in total. The number of rotatable bonds is 6. The molecule has 0 saturated heterocycles. The first-order valence-electron chi connectivity index (χ1n) is 7.60. The molecular formula is C15H14F7N5. The Kier molecular flexibility index (Phi) is 5.96. The fraction of sp³-hybridized carbons (Fsp3) is 0.333. The Bertz CT molecular complexity index is 799. The SMILES string of the molecule is CC[C@H](C)Nc1nc(NNc2c(F)c(F)cc(F)c2F)cc(C(F)(F)F)n1. The lowest BCUT2D eigenvalue weighted by Crippen LogP contribution is -2.20. The van der Waals surface area contributed by atoms with E-state index >= 15 is 0 Å². The summed E-state index contributed by atoms with van der Waals surface area (Å²) in [4.78, 5) is 7.05. The molecule has 5 nitrogen and oxygen atoms in total. The molecule has 12 heteroatoms. The van der Waals surface area contributed by atoms with Gasteiger partial charge in [-0.2, -0.15) is 18.2 Å². The Morgan fingerprint density at radius 1 is 0.963 bits per heavy atom. The van der Waals surface area contributed by atoms with Crippen molar-refractivity contribution in [2.24, 2.45) is 0 Å². The van der Waals surface area contributed by atoms with E-state index in [0.717, 1.165) is 0 Å². The predicted molar refractivity (Wildman–Crippen MR) is 83.9 cm³/mol. The molecule has 0 fully saturated rings. The number of hydrazine groups is 1. The fourth-order valence-electron chi connectivity index (χ4n) is 1.85. The number of hydrogen-bond donors (Lipinski definition) is 3. The van der Waals surface area contributed by atoms with Crippen LogP contribution >= 0.6 is 0 Å². The maximum Gasteiger partial charge on any atom is 0.433 e. The quantitative estimate of drug-likeness (QED) is 0.375. The average molecular weight is 397 g/mol. The van der Waals surface area contributed by atoms with E-state index < -0.39 is 52.6 Å². The Morgan fingerprint density at radius 3 is 2.07 bits per heavy atom. The number of nitrogens with one attached hydrogen (secondary N) is 3. The number of anilines is 3. The summed E-state index contributed by atoms with van der Waals surface area (Å²) in [5.74, 6) is -7.82. The minimum Gasteiger partial charge on any atom is -0.352 e. The number of hydrogen-bond acceptors (Lipinski definition) is 5. The van der Waals surface area contributed by atoms with Crippen molar-refractivity contribution in [2.75, 3.05) is 16.2 Å². The van der Waals surface area contributed by atoms with Crippen LogP contribution < -0.4 is 16.2 Å². The summed E-state index contributed by atoms with van der Waals surface area (Å²) in [5, 5.41) is 2.63. The molecule has 148 valence electrons. The molecule has 0 radical (unpaired) electrons. The zero-order valence-electron chi connectivity index (χ0n) is 14.0. The van der Waals surface area contributed by atoms with Crippen molar-refractivity contribution in [3.05, 3.63) is 41.1 Å². The standard InChI is InChI=1S/C15H14F7N5/c1-3-6(2)23-14-24-9(15(20,21)22)5-10(25-14)26-27-13-11(18)7(16)4-8(17)12(13)19/h4-6,27H,3H2,1-2H3,(H2,23,24,25,26)/t6-/m0/s1. The zero-order chi connectivity index (χ0) is 20.4. The molecule has 1 aromatic heterocycles. The molecule has 0 saturated carbocycles. The molecule has 1 atom stereocenters. The molecule has 0 spiro atoms. The van der Waals surface area contributed by atoms with E-state index in [1.807, 2.05) is 5.43 Å². The van der Waals surface area contributed by atoms with E-state index in [4.69, 9.17) is 0 Å². The van der Waals surface area contributed by atoms with Crippen molar-refractivity contribution in [1.82, 2.24) is 9.97 Å². The molecule has 0 aliphatic carbocycles. The fourth-order valence-corrected chi connectivity index (χ4v) is 1.85. The summed E-state index contributed by atoms with van der Waals surface area (Å²) in [5.41, 5.74) is 1.19. The van der Waals surface area contributed by atoms with Crippen LogP contribution in [-0.2, 0) is 6.18 Å². The first kappa shape index (κ1) is 20.5. The van der Waals surface area contributed by atoms with Crippen molar-refractivity contribution < 1.29 is 30.7 Å². The molecule has 0 unspecified atom stereocenters. The largest absolute Gasteiger partial charge is 0.433 e. The highest BCUT2D eigenvalue weighted by Crippen LogP contribution is 2.30. The number of alkyl halides is 3. The second kappa shape index (κ2) is 7.84. The molecular weight excluding hydrogens is 383 g/mol. The van der Waals surface area contributed by atoms with Crippen LogP contribution in [0.5, 0.6) is 0 Å². The van der Waals surface area contributed by atoms with Gasteiger partial charge in [-0.15, -0.1) is 0 Å². The maximum absolute atomic E-state index is 13.6. The lowest BCUT2D eigenvalue weighted by Gasteiger charge is -2.16. The normalized spacial score (nSPS) is 12.6. The molecule has 0 aliphatic heterocycles. The summed E-state index contributed by atoms with van der Waals surface area (Å²) >= 11 is 0. The van der Waals surface area contributed by atoms with Gasteiger partial charge in [-0.05, 0) is 13.3 Å². The predicted octanol–water partition coefficient (Wildman–Crippen LogP) is 4.70. The lowest BCUT2D eigenvalue weighted by molar-refractivity contribution is -0.141. The molecule has 0 amide bonds. The summed E-state index contributed by atoms with van der Waals surface area (Å²) in [6.45, 7) is 3.45. The van der Waals surface area contributed by atoms with Gasteiger partial charge in [-0.25, -0.2) is 22.5 Å². The van der Waals surface area contributed by atoms with Crippen molar-refractivity contribution in [1.29, 1.82) is 0 Å². The smallest absolute Gasteiger partial charge is 0.352 e. The molecule has 0 bridgehead atoms. The van der Waals surface area contributed by atoms with E-state index in [1.165, 1.54) is 0 Å². The first-order chi connectivity index (χ1) is 12.5. The highest BCUT2D eigenvalue weighted by atomic mass is 19.4. The van der Waals surface area contributed by atoms with Gasteiger partial charge in [0.15, 0.2) is 34.8 Å². The molecule has 2 rings (SSSR count). The van der Waals surface area contributed by atoms with Crippen molar-refractivity contribution in [2.45, 2.75) is 32.5 Å². The number of halogens is 7. The van der Waals surface area contributed by atoms with E-state index in [1.54, 1.807) is 19.3 Å².